The van der Waals surface area contributed by atoms with E-state index in [4.69, 9.17) is 12.2 Å². The van der Waals surface area contributed by atoms with Crippen molar-refractivity contribution in [3.63, 3.8) is 0 Å². The van der Waals surface area contributed by atoms with Gasteiger partial charge in [0.2, 0.25) is 0 Å². The smallest absolute Gasteiger partial charge is 0.116 e. The largest absolute Gasteiger partial charge is 0.398 e. The Labute approximate surface area is 108 Å². The van der Waals surface area contributed by atoms with Crippen molar-refractivity contribution in [2.24, 2.45) is 0 Å². The first-order valence-electron chi connectivity index (χ1n) is 5.35. The van der Waals surface area contributed by atoms with Crippen LogP contribution in [0.3, 0.4) is 0 Å². The summed E-state index contributed by atoms with van der Waals surface area (Å²) in [6.45, 7) is 0. The van der Waals surface area contributed by atoms with Crippen LogP contribution in [0.4, 0.5) is 5.69 Å². The van der Waals surface area contributed by atoms with E-state index in [2.05, 4.69) is 15.9 Å². The number of para-hydroxylation sites is 1. The van der Waals surface area contributed by atoms with Gasteiger partial charge in [0, 0.05) is 11.3 Å². The summed E-state index contributed by atoms with van der Waals surface area (Å²) in [5.74, 6) is 2.63. The molecule has 1 aromatic carbocycles. The zero-order chi connectivity index (χ0) is 12.5. The normalized spacial score (nSPS) is 10.4. The number of hydrogen-bond donors (Lipinski definition) is 1. The van der Waals surface area contributed by atoms with Gasteiger partial charge in [-0.3, -0.25) is 0 Å². The lowest BCUT2D eigenvalue weighted by molar-refractivity contribution is 1.23. The van der Waals surface area contributed by atoms with E-state index < -0.39 is 0 Å². The Morgan fingerprint density at radius 3 is 2.83 bits per heavy atom. The Morgan fingerprint density at radius 2 is 2.06 bits per heavy atom. The van der Waals surface area contributed by atoms with E-state index in [-0.39, 0.29) is 0 Å². The lowest BCUT2D eigenvalue weighted by Crippen LogP contribution is -1.92. The second-order valence-electron chi connectivity index (χ2n) is 3.78. The van der Waals surface area contributed by atoms with E-state index in [1.165, 1.54) is 17.7 Å². The van der Waals surface area contributed by atoms with Crippen LogP contribution in [0.5, 0.6) is 0 Å². The van der Waals surface area contributed by atoms with Crippen molar-refractivity contribution in [1.82, 2.24) is 9.97 Å². The van der Waals surface area contributed by atoms with Crippen LogP contribution < -0.4 is 5.73 Å². The molecule has 0 radical (unpaired) electrons. The Hall–Kier alpha value is -2.38. The summed E-state index contributed by atoms with van der Waals surface area (Å²) < 4.78 is 0.975. The van der Waals surface area contributed by atoms with Crippen LogP contribution in [-0.2, 0) is 0 Å². The monoisotopic (exact) mass is 251 g/mol. The van der Waals surface area contributed by atoms with Gasteiger partial charge >= 0.3 is 0 Å². The topological polar surface area (TPSA) is 51.8 Å². The SMILES string of the molecule is C#Cc1cc2ncnc(-c3ccccc3N)c2s1. The molecule has 0 spiro atoms. The zero-order valence-corrected chi connectivity index (χ0v) is 10.2. The van der Waals surface area contributed by atoms with Crippen LogP contribution in [0.2, 0.25) is 0 Å². The van der Waals surface area contributed by atoms with Crippen LogP contribution >= 0.6 is 11.3 Å². The Balaban J connectivity index is 2.33. The molecular weight excluding hydrogens is 242 g/mol. The summed E-state index contributed by atoms with van der Waals surface area (Å²) in [5, 5.41) is 0. The molecule has 2 aromatic heterocycles. The maximum atomic E-state index is 5.99. The molecule has 86 valence electrons. The number of thiophene rings is 1. The van der Waals surface area contributed by atoms with E-state index in [0.717, 1.165) is 26.4 Å². The highest BCUT2D eigenvalue weighted by molar-refractivity contribution is 7.20. The Morgan fingerprint density at radius 1 is 1.22 bits per heavy atom. The molecule has 0 atom stereocenters. The first-order valence-corrected chi connectivity index (χ1v) is 6.17. The van der Waals surface area contributed by atoms with Gasteiger partial charge in [0.25, 0.3) is 0 Å². The predicted octanol–water partition coefficient (Wildman–Crippen LogP) is 2.92. The number of nitrogens with zero attached hydrogens (tertiary/aromatic N) is 2. The second kappa shape index (κ2) is 4.13. The number of fused-ring (bicyclic) bond motifs is 1. The first kappa shape index (κ1) is 10.8. The molecule has 3 aromatic rings. The van der Waals surface area contributed by atoms with Crippen molar-refractivity contribution in [3.8, 4) is 23.6 Å². The van der Waals surface area contributed by atoms with Crippen molar-refractivity contribution in [1.29, 1.82) is 0 Å². The number of terminal acetylenes is 1. The minimum Gasteiger partial charge on any atom is -0.398 e. The van der Waals surface area contributed by atoms with Gasteiger partial charge in [0.15, 0.2) is 0 Å². The number of nitrogens with two attached hydrogens (primary N) is 1. The third-order valence-corrected chi connectivity index (χ3v) is 3.73. The fourth-order valence-corrected chi connectivity index (χ4v) is 2.75. The van der Waals surface area contributed by atoms with E-state index in [1.807, 2.05) is 30.3 Å². The number of nitrogen functional groups attached to an aromatic ring is 1. The fraction of sp³-hybridized carbons (Fsp3) is 0. The summed E-state index contributed by atoms with van der Waals surface area (Å²) in [6, 6.07) is 9.55. The number of aromatic nitrogens is 2. The number of hydrogen-bond acceptors (Lipinski definition) is 4. The molecule has 3 nitrogen and oxygen atoms in total. The van der Waals surface area contributed by atoms with Gasteiger partial charge in [-0.25, -0.2) is 9.97 Å². The molecule has 0 unspecified atom stereocenters. The Bertz CT molecular complexity index is 768. The Kier molecular flexibility index (Phi) is 2.47. The highest BCUT2D eigenvalue weighted by Gasteiger charge is 2.11. The second-order valence-corrected chi connectivity index (χ2v) is 4.83. The first-order chi connectivity index (χ1) is 8.79. The van der Waals surface area contributed by atoms with Gasteiger partial charge in [-0.05, 0) is 12.1 Å². The molecule has 4 heteroatoms. The van der Waals surface area contributed by atoms with Crippen molar-refractivity contribution in [2.75, 3.05) is 5.73 Å². The quantitative estimate of drug-likeness (QED) is 0.534. The van der Waals surface area contributed by atoms with Gasteiger partial charge in [0.05, 0.1) is 20.8 Å². The minimum atomic E-state index is 0.702. The molecule has 0 amide bonds. The third kappa shape index (κ3) is 1.62. The molecule has 3 rings (SSSR count). The van der Waals surface area contributed by atoms with Crippen LogP contribution in [0.1, 0.15) is 4.88 Å². The highest BCUT2D eigenvalue weighted by Crippen LogP contribution is 2.34. The predicted molar refractivity (Wildman–Crippen MR) is 75.2 cm³/mol. The van der Waals surface area contributed by atoms with Crippen LogP contribution in [0.25, 0.3) is 21.5 Å². The third-order valence-electron chi connectivity index (χ3n) is 2.67. The van der Waals surface area contributed by atoms with Crippen molar-refractivity contribution in [2.45, 2.75) is 0 Å². The standard InChI is InChI=1S/C14H9N3S/c1-2-9-7-12-14(18-9)13(17-8-16-12)10-5-3-4-6-11(10)15/h1,3-8H,15H2. The molecule has 0 aliphatic heterocycles. The molecule has 0 saturated carbocycles. The van der Waals surface area contributed by atoms with Gasteiger partial charge in [-0.1, -0.05) is 24.1 Å². The van der Waals surface area contributed by atoms with Crippen molar-refractivity contribution in [3.05, 3.63) is 41.5 Å². The van der Waals surface area contributed by atoms with E-state index in [0.29, 0.717) is 5.69 Å². The molecule has 18 heavy (non-hydrogen) atoms. The van der Waals surface area contributed by atoms with E-state index in [1.54, 1.807) is 0 Å². The van der Waals surface area contributed by atoms with Crippen molar-refractivity contribution >= 4 is 27.2 Å². The molecule has 0 aliphatic carbocycles. The lowest BCUT2D eigenvalue weighted by Gasteiger charge is -2.04. The molecule has 2 heterocycles. The van der Waals surface area contributed by atoms with Crippen molar-refractivity contribution < 1.29 is 0 Å². The van der Waals surface area contributed by atoms with Crippen LogP contribution in [0.15, 0.2) is 36.7 Å². The summed E-state index contributed by atoms with van der Waals surface area (Å²) in [5.41, 5.74) is 9.30. The van der Waals surface area contributed by atoms with Crippen LogP contribution in [0, 0.1) is 12.3 Å². The van der Waals surface area contributed by atoms with Crippen LogP contribution in [-0.4, -0.2) is 9.97 Å². The maximum absolute atomic E-state index is 5.99. The summed E-state index contributed by atoms with van der Waals surface area (Å²) >= 11 is 1.51. The van der Waals surface area contributed by atoms with Gasteiger partial charge in [-0.2, -0.15) is 0 Å². The molecule has 0 saturated heterocycles. The van der Waals surface area contributed by atoms with E-state index >= 15 is 0 Å². The average Bonchev–Trinajstić information content (AvgIpc) is 2.82. The average molecular weight is 251 g/mol. The summed E-state index contributed by atoms with van der Waals surface area (Å²) in [6.07, 6.45) is 6.96. The summed E-state index contributed by atoms with van der Waals surface area (Å²) in [7, 11) is 0. The molecule has 0 bridgehead atoms. The number of benzene rings is 1. The lowest BCUT2D eigenvalue weighted by atomic mass is 10.1. The zero-order valence-electron chi connectivity index (χ0n) is 9.42. The molecule has 2 N–H and O–H groups in total. The number of rotatable bonds is 1. The summed E-state index contributed by atoms with van der Waals surface area (Å²) in [4.78, 5) is 9.41. The minimum absolute atomic E-state index is 0.702. The van der Waals surface area contributed by atoms with Gasteiger partial charge < -0.3 is 5.73 Å². The molecule has 0 aliphatic rings. The maximum Gasteiger partial charge on any atom is 0.116 e. The number of anilines is 1. The van der Waals surface area contributed by atoms with Gasteiger partial charge in [0.1, 0.15) is 6.33 Å². The molecule has 0 fully saturated rings. The van der Waals surface area contributed by atoms with Gasteiger partial charge in [-0.15, -0.1) is 17.8 Å². The van der Waals surface area contributed by atoms with E-state index in [9.17, 15) is 0 Å². The highest BCUT2D eigenvalue weighted by atomic mass is 32.1. The molecular formula is C14H9N3S. The fourth-order valence-electron chi connectivity index (χ4n) is 1.83.